The summed E-state index contributed by atoms with van der Waals surface area (Å²) in [6, 6.07) is 11.2. The highest BCUT2D eigenvalue weighted by Crippen LogP contribution is 2.25. The van der Waals surface area contributed by atoms with Crippen LogP contribution in [-0.4, -0.2) is 30.5 Å². The van der Waals surface area contributed by atoms with Gasteiger partial charge in [0.25, 0.3) is 0 Å². The second-order valence-electron chi connectivity index (χ2n) is 5.79. The molecule has 114 valence electrons. The molecule has 2 aromatic rings. The summed E-state index contributed by atoms with van der Waals surface area (Å²) in [7, 11) is 4.22. The molecule has 0 radical (unpaired) electrons. The molecule has 0 saturated heterocycles. The topological polar surface area (TPSA) is 28.2 Å². The first-order chi connectivity index (χ1) is 9.97. The molecule has 0 bridgehead atoms. The van der Waals surface area contributed by atoms with Crippen molar-refractivity contribution >= 4 is 11.3 Å². The molecule has 1 heterocycles. The number of likely N-dealkylation sites (N-methyl/N-ethyl adjacent to an activating group) is 1. The van der Waals surface area contributed by atoms with Crippen LogP contribution in [0.15, 0.2) is 30.3 Å². The van der Waals surface area contributed by atoms with E-state index in [1.54, 1.807) is 11.3 Å². The standard InChI is InChI=1S/C17H25N3S/c1-12(17-13(2)21-14(3)19-17)18-16(11-20(4)5)15-9-7-6-8-10-15/h6-10,12,16,18H,11H2,1-5H3. The molecule has 0 fully saturated rings. The lowest BCUT2D eigenvalue weighted by Crippen LogP contribution is -2.33. The lowest BCUT2D eigenvalue weighted by atomic mass is 10.0. The Morgan fingerprint density at radius 3 is 2.38 bits per heavy atom. The van der Waals surface area contributed by atoms with E-state index in [0.717, 1.165) is 11.6 Å². The molecule has 0 aliphatic rings. The molecule has 2 atom stereocenters. The number of aryl methyl sites for hydroxylation is 2. The Balaban J connectivity index is 2.17. The molecule has 0 spiro atoms. The van der Waals surface area contributed by atoms with Crippen LogP contribution in [0, 0.1) is 13.8 Å². The van der Waals surface area contributed by atoms with E-state index in [2.05, 4.69) is 80.4 Å². The van der Waals surface area contributed by atoms with Gasteiger partial charge in [0.1, 0.15) is 0 Å². The molecule has 2 unspecified atom stereocenters. The van der Waals surface area contributed by atoms with Gasteiger partial charge < -0.3 is 10.2 Å². The lowest BCUT2D eigenvalue weighted by Gasteiger charge is -2.26. The lowest BCUT2D eigenvalue weighted by molar-refractivity contribution is 0.324. The summed E-state index contributed by atoms with van der Waals surface area (Å²) >= 11 is 1.77. The smallest absolute Gasteiger partial charge is 0.0900 e. The minimum atomic E-state index is 0.250. The third kappa shape index (κ3) is 4.37. The number of benzene rings is 1. The van der Waals surface area contributed by atoms with E-state index in [4.69, 9.17) is 0 Å². The molecule has 1 aromatic carbocycles. The second-order valence-corrected chi connectivity index (χ2v) is 7.20. The summed E-state index contributed by atoms with van der Waals surface area (Å²) < 4.78 is 0. The van der Waals surface area contributed by atoms with Crippen molar-refractivity contribution in [3.8, 4) is 0 Å². The fraction of sp³-hybridized carbons (Fsp3) is 0.471. The van der Waals surface area contributed by atoms with Gasteiger partial charge in [0.2, 0.25) is 0 Å². The monoisotopic (exact) mass is 303 g/mol. The highest BCUT2D eigenvalue weighted by atomic mass is 32.1. The van der Waals surface area contributed by atoms with Crippen molar-refractivity contribution in [2.75, 3.05) is 20.6 Å². The molecule has 1 aromatic heterocycles. The van der Waals surface area contributed by atoms with Crippen LogP contribution in [0.25, 0.3) is 0 Å². The van der Waals surface area contributed by atoms with Gasteiger partial charge in [-0.3, -0.25) is 0 Å². The van der Waals surface area contributed by atoms with E-state index in [1.807, 2.05) is 0 Å². The van der Waals surface area contributed by atoms with Crippen LogP contribution in [0.4, 0.5) is 0 Å². The van der Waals surface area contributed by atoms with Gasteiger partial charge in [0.05, 0.1) is 10.7 Å². The predicted molar refractivity (Wildman–Crippen MR) is 90.9 cm³/mol. The summed E-state index contributed by atoms with van der Waals surface area (Å²) in [5.41, 5.74) is 2.50. The Bertz CT molecular complexity index is 563. The number of hydrogen-bond acceptors (Lipinski definition) is 4. The minimum absolute atomic E-state index is 0.250. The first-order valence-corrected chi connectivity index (χ1v) is 8.18. The van der Waals surface area contributed by atoms with Gasteiger partial charge in [0.15, 0.2) is 0 Å². The zero-order valence-electron chi connectivity index (χ0n) is 13.6. The molecule has 3 nitrogen and oxygen atoms in total. The fourth-order valence-electron chi connectivity index (χ4n) is 2.63. The number of rotatable bonds is 6. The summed E-state index contributed by atoms with van der Waals surface area (Å²) in [5, 5.41) is 4.88. The van der Waals surface area contributed by atoms with E-state index in [1.165, 1.54) is 16.1 Å². The van der Waals surface area contributed by atoms with Gasteiger partial charge in [-0.1, -0.05) is 30.3 Å². The third-order valence-corrected chi connectivity index (χ3v) is 4.45. The maximum Gasteiger partial charge on any atom is 0.0900 e. The van der Waals surface area contributed by atoms with Crippen molar-refractivity contribution < 1.29 is 0 Å². The normalized spacial score (nSPS) is 14.4. The Morgan fingerprint density at radius 1 is 1.19 bits per heavy atom. The first-order valence-electron chi connectivity index (χ1n) is 7.37. The quantitative estimate of drug-likeness (QED) is 0.881. The van der Waals surface area contributed by atoms with Gasteiger partial charge in [-0.2, -0.15) is 0 Å². The molecule has 0 amide bonds. The van der Waals surface area contributed by atoms with Gasteiger partial charge in [-0.15, -0.1) is 11.3 Å². The number of thiazole rings is 1. The predicted octanol–water partition coefficient (Wildman–Crippen LogP) is 3.71. The van der Waals surface area contributed by atoms with Gasteiger partial charge >= 0.3 is 0 Å². The van der Waals surface area contributed by atoms with Crippen molar-refractivity contribution in [1.82, 2.24) is 15.2 Å². The SMILES string of the molecule is Cc1nc(C(C)NC(CN(C)C)c2ccccc2)c(C)s1. The largest absolute Gasteiger partial charge is 0.308 e. The molecule has 0 aliphatic heterocycles. The molecule has 1 N–H and O–H groups in total. The van der Waals surface area contributed by atoms with E-state index in [9.17, 15) is 0 Å². The van der Waals surface area contributed by atoms with Gasteiger partial charge in [-0.05, 0) is 40.4 Å². The maximum absolute atomic E-state index is 4.68. The highest BCUT2D eigenvalue weighted by molar-refractivity contribution is 7.11. The van der Waals surface area contributed by atoms with Gasteiger partial charge in [-0.25, -0.2) is 4.98 Å². The van der Waals surface area contributed by atoms with Crippen LogP contribution < -0.4 is 5.32 Å². The van der Waals surface area contributed by atoms with E-state index in [-0.39, 0.29) is 6.04 Å². The fourth-order valence-corrected chi connectivity index (χ4v) is 3.55. The van der Waals surface area contributed by atoms with Crippen LogP contribution in [0.5, 0.6) is 0 Å². The molecule has 0 saturated carbocycles. The number of aromatic nitrogens is 1. The number of hydrogen-bond donors (Lipinski definition) is 1. The van der Waals surface area contributed by atoms with Crippen LogP contribution >= 0.6 is 11.3 Å². The molecule has 4 heteroatoms. The van der Waals surface area contributed by atoms with Crippen molar-refractivity contribution in [3.63, 3.8) is 0 Å². The summed E-state index contributed by atoms with van der Waals surface area (Å²) in [6.45, 7) is 7.40. The minimum Gasteiger partial charge on any atom is -0.308 e. The van der Waals surface area contributed by atoms with E-state index < -0.39 is 0 Å². The van der Waals surface area contributed by atoms with Crippen LogP contribution in [-0.2, 0) is 0 Å². The van der Waals surface area contributed by atoms with Crippen LogP contribution in [0.3, 0.4) is 0 Å². The molecular formula is C17H25N3S. The van der Waals surface area contributed by atoms with Crippen LogP contribution in [0.1, 0.15) is 40.1 Å². The first kappa shape index (κ1) is 16.1. The number of nitrogens with one attached hydrogen (secondary N) is 1. The summed E-state index contributed by atoms with van der Waals surface area (Å²) in [6.07, 6.45) is 0. The third-order valence-electron chi connectivity index (χ3n) is 3.55. The second kappa shape index (κ2) is 7.16. The zero-order valence-corrected chi connectivity index (χ0v) is 14.4. The molecular weight excluding hydrogens is 278 g/mol. The van der Waals surface area contributed by atoms with Crippen molar-refractivity contribution in [1.29, 1.82) is 0 Å². The van der Waals surface area contributed by atoms with Crippen molar-refractivity contribution in [2.45, 2.75) is 32.9 Å². The zero-order chi connectivity index (χ0) is 15.4. The number of nitrogens with zero attached hydrogens (tertiary/aromatic N) is 2. The van der Waals surface area contributed by atoms with E-state index >= 15 is 0 Å². The summed E-state index contributed by atoms with van der Waals surface area (Å²) in [4.78, 5) is 8.21. The molecule has 2 rings (SSSR count). The molecule has 21 heavy (non-hydrogen) atoms. The Morgan fingerprint density at radius 2 is 1.86 bits per heavy atom. The van der Waals surface area contributed by atoms with Gasteiger partial charge in [0, 0.05) is 23.5 Å². The average molecular weight is 303 g/mol. The highest BCUT2D eigenvalue weighted by Gasteiger charge is 2.19. The maximum atomic E-state index is 4.68. The van der Waals surface area contributed by atoms with E-state index in [0.29, 0.717) is 6.04 Å². The Hall–Kier alpha value is -1.23. The van der Waals surface area contributed by atoms with Crippen molar-refractivity contribution in [3.05, 3.63) is 51.5 Å². The van der Waals surface area contributed by atoms with Crippen molar-refractivity contribution in [2.24, 2.45) is 0 Å². The summed E-state index contributed by atoms with van der Waals surface area (Å²) in [5.74, 6) is 0. The Kier molecular flexibility index (Phi) is 5.51. The van der Waals surface area contributed by atoms with Crippen LogP contribution in [0.2, 0.25) is 0 Å². The molecule has 0 aliphatic carbocycles. The average Bonchev–Trinajstić information content (AvgIpc) is 2.77. The Labute approximate surface area is 132 Å².